The van der Waals surface area contributed by atoms with Crippen molar-refractivity contribution >= 4 is 17.5 Å². The standard InChI is InChI=1S/C17H23N5O3/c1-10(2)22-14(23)8-7-12(19-22)17(24)21-9-3-4-13(21)15-18-16(25-20-15)11-5-6-11/h10-11,13H,3-9H2,1-2H3/t13-/m0/s1. The first-order valence-corrected chi connectivity index (χ1v) is 9.08. The summed E-state index contributed by atoms with van der Waals surface area (Å²) in [6, 6.07) is -0.208. The van der Waals surface area contributed by atoms with Gasteiger partial charge in [-0.25, -0.2) is 5.01 Å². The quantitative estimate of drug-likeness (QED) is 0.832. The van der Waals surface area contributed by atoms with Gasteiger partial charge in [0.15, 0.2) is 5.82 Å². The zero-order chi connectivity index (χ0) is 17.6. The summed E-state index contributed by atoms with van der Waals surface area (Å²) in [5, 5.41) is 9.85. The average molecular weight is 345 g/mol. The normalized spacial score (nSPS) is 24.2. The van der Waals surface area contributed by atoms with Gasteiger partial charge in [-0.3, -0.25) is 9.59 Å². The Balaban J connectivity index is 1.54. The zero-order valence-corrected chi connectivity index (χ0v) is 14.6. The maximum Gasteiger partial charge on any atom is 0.270 e. The third kappa shape index (κ3) is 3.05. The molecule has 1 aromatic rings. The van der Waals surface area contributed by atoms with Crippen LogP contribution in [0.3, 0.4) is 0 Å². The van der Waals surface area contributed by atoms with Gasteiger partial charge in [0.05, 0.1) is 6.04 Å². The lowest BCUT2D eigenvalue weighted by Crippen LogP contribution is -2.43. The molecular formula is C17H23N5O3. The van der Waals surface area contributed by atoms with Gasteiger partial charge in [0.1, 0.15) is 5.71 Å². The first kappa shape index (κ1) is 16.2. The second-order valence-electron chi connectivity index (χ2n) is 7.30. The van der Waals surface area contributed by atoms with Crippen LogP contribution in [0, 0.1) is 0 Å². The van der Waals surface area contributed by atoms with Crippen LogP contribution in [0.25, 0.3) is 0 Å². The minimum absolute atomic E-state index is 0.0308. The lowest BCUT2D eigenvalue weighted by molar-refractivity contribution is -0.133. The van der Waals surface area contributed by atoms with Gasteiger partial charge in [-0.05, 0) is 39.5 Å². The molecule has 1 saturated heterocycles. The first-order chi connectivity index (χ1) is 12.0. The number of carbonyl (C=O) groups is 2. The number of hydrogen-bond donors (Lipinski definition) is 0. The van der Waals surface area contributed by atoms with Crippen LogP contribution in [0.2, 0.25) is 0 Å². The molecule has 8 heteroatoms. The smallest absolute Gasteiger partial charge is 0.270 e. The van der Waals surface area contributed by atoms with Crippen molar-refractivity contribution in [2.75, 3.05) is 6.54 Å². The largest absolute Gasteiger partial charge is 0.339 e. The van der Waals surface area contributed by atoms with Crippen molar-refractivity contribution in [2.45, 2.75) is 70.4 Å². The zero-order valence-electron chi connectivity index (χ0n) is 14.6. The number of amides is 2. The van der Waals surface area contributed by atoms with Crippen LogP contribution in [0.5, 0.6) is 0 Å². The topological polar surface area (TPSA) is 91.9 Å². The Morgan fingerprint density at radius 1 is 1.24 bits per heavy atom. The van der Waals surface area contributed by atoms with Crippen molar-refractivity contribution in [1.82, 2.24) is 20.0 Å². The lowest BCUT2D eigenvalue weighted by Gasteiger charge is -2.29. The Labute approximate surface area is 146 Å². The van der Waals surface area contributed by atoms with Crippen molar-refractivity contribution in [1.29, 1.82) is 0 Å². The molecule has 134 valence electrons. The number of hydrogen-bond acceptors (Lipinski definition) is 6. The molecule has 2 amide bonds. The number of likely N-dealkylation sites (tertiary alicyclic amines) is 1. The molecule has 25 heavy (non-hydrogen) atoms. The number of nitrogens with zero attached hydrogens (tertiary/aromatic N) is 5. The monoisotopic (exact) mass is 345 g/mol. The number of carbonyl (C=O) groups excluding carboxylic acids is 2. The van der Waals surface area contributed by atoms with E-state index in [-0.39, 0.29) is 23.9 Å². The van der Waals surface area contributed by atoms with E-state index in [2.05, 4.69) is 15.2 Å². The number of rotatable bonds is 4. The van der Waals surface area contributed by atoms with E-state index in [1.54, 1.807) is 4.90 Å². The molecule has 1 atom stereocenters. The molecular weight excluding hydrogens is 322 g/mol. The summed E-state index contributed by atoms with van der Waals surface area (Å²) in [5.41, 5.74) is 0.450. The molecule has 0 spiro atoms. The summed E-state index contributed by atoms with van der Waals surface area (Å²) >= 11 is 0. The Bertz CT molecular complexity index is 722. The van der Waals surface area contributed by atoms with Crippen molar-refractivity contribution in [2.24, 2.45) is 5.10 Å². The highest BCUT2D eigenvalue weighted by Gasteiger charge is 2.38. The van der Waals surface area contributed by atoms with Crippen molar-refractivity contribution < 1.29 is 14.1 Å². The Kier molecular flexibility index (Phi) is 4.05. The fourth-order valence-electron chi connectivity index (χ4n) is 3.45. The van der Waals surface area contributed by atoms with E-state index >= 15 is 0 Å². The highest BCUT2D eigenvalue weighted by molar-refractivity contribution is 6.39. The molecule has 0 radical (unpaired) electrons. The van der Waals surface area contributed by atoms with Crippen LogP contribution in [-0.4, -0.2) is 50.2 Å². The maximum atomic E-state index is 13.0. The molecule has 1 aromatic heterocycles. The molecule has 3 heterocycles. The van der Waals surface area contributed by atoms with E-state index in [9.17, 15) is 9.59 Å². The van der Waals surface area contributed by atoms with Crippen LogP contribution >= 0.6 is 0 Å². The molecule has 2 aliphatic heterocycles. The van der Waals surface area contributed by atoms with E-state index in [0.717, 1.165) is 25.7 Å². The second kappa shape index (κ2) is 6.24. The molecule has 0 aromatic carbocycles. The van der Waals surface area contributed by atoms with E-state index in [0.29, 0.717) is 42.7 Å². The van der Waals surface area contributed by atoms with Crippen LogP contribution in [-0.2, 0) is 9.59 Å². The number of hydrazone groups is 1. The summed E-state index contributed by atoms with van der Waals surface area (Å²) in [6.45, 7) is 4.45. The fourth-order valence-corrected chi connectivity index (χ4v) is 3.45. The van der Waals surface area contributed by atoms with Crippen molar-refractivity contribution in [3.63, 3.8) is 0 Å². The summed E-state index contributed by atoms with van der Waals surface area (Å²) in [5.74, 6) is 1.55. The first-order valence-electron chi connectivity index (χ1n) is 9.08. The highest BCUT2D eigenvalue weighted by atomic mass is 16.5. The molecule has 8 nitrogen and oxygen atoms in total. The molecule has 1 saturated carbocycles. The molecule has 0 bridgehead atoms. The number of aromatic nitrogens is 2. The predicted octanol–water partition coefficient (Wildman–Crippen LogP) is 2.00. The van der Waals surface area contributed by atoms with Crippen LogP contribution < -0.4 is 0 Å². The van der Waals surface area contributed by atoms with Crippen molar-refractivity contribution in [3.05, 3.63) is 11.7 Å². The van der Waals surface area contributed by atoms with Gasteiger partial charge in [-0.2, -0.15) is 10.1 Å². The summed E-state index contributed by atoms with van der Waals surface area (Å²) in [7, 11) is 0. The highest BCUT2D eigenvalue weighted by Crippen LogP contribution is 2.40. The van der Waals surface area contributed by atoms with Crippen LogP contribution in [0.15, 0.2) is 9.62 Å². The van der Waals surface area contributed by atoms with Gasteiger partial charge in [-0.1, -0.05) is 5.16 Å². The summed E-state index contributed by atoms with van der Waals surface area (Å²) in [6.07, 6.45) is 4.66. The summed E-state index contributed by atoms with van der Waals surface area (Å²) < 4.78 is 5.35. The van der Waals surface area contributed by atoms with Crippen molar-refractivity contribution in [3.8, 4) is 0 Å². The van der Waals surface area contributed by atoms with Gasteiger partial charge in [0, 0.05) is 31.3 Å². The maximum absolute atomic E-state index is 13.0. The Morgan fingerprint density at radius 3 is 2.76 bits per heavy atom. The van der Waals surface area contributed by atoms with Gasteiger partial charge >= 0.3 is 0 Å². The minimum atomic E-state index is -0.156. The van der Waals surface area contributed by atoms with E-state index < -0.39 is 0 Å². The minimum Gasteiger partial charge on any atom is -0.339 e. The van der Waals surface area contributed by atoms with Gasteiger partial charge in [0.25, 0.3) is 5.91 Å². The average Bonchev–Trinajstić information content (AvgIpc) is 3.13. The third-order valence-electron chi connectivity index (χ3n) is 4.99. The molecule has 0 unspecified atom stereocenters. The van der Waals surface area contributed by atoms with Gasteiger partial charge < -0.3 is 9.42 Å². The fraction of sp³-hybridized carbons (Fsp3) is 0.706. The van der Waals surface area contributed by atoms with Crippen LogP contribution in [0.4, 0.5) is 0 Å². The van der Waals surface area contributed by atoms with Gasteiger partial charge in [0.2, 0.25) is 11.8 Å². The van der Waals surface area contributed by atoms with E-state index in [4.69, 9.17) is 4.52 Å². The second-order valence-corrected chi connectivity index (χ2v) is 7.30. The molecule has 4 rings (SSSR count). The Hall–Kier alpha value is -2.25. The molecule has 1 aliphatic carbocycles. The summed E-state index contributed by atoms with van der Waals surface area (Å²) in [4.78, 5) is 31.2. The molecule has 2 fully saturated rings. The third-order valence-corrected chi connectivity index (χ3v) is 4.99. The molecule has 0 N–H and O–H groups in total. The lowest BCUT2D eigenvalue weighted by atomic mass is 10.1. The predicted molar refractivity (Wildman–Crippen MR) is 88.6 cm³/mol. The molecule has 3 aliphatic rings. The van der Waals surface area contributed by atoms with Gasteiger partial charge in [-0.15, -0.1) is 0 Å². The SMILES string of the molecule is CC(C)N1N=C(C(=O)N2CCC[C@H]2c2noc(C3CC3)n2)CCC1=O. The van der Waals surface area contributed by atoms with E-state index in [1.165, 1.54) is 5.01 Å². The van der Waals surface area contributed by atoms with Crippen LogP contribution in [0.1, 0.15) is 76.0 Å². The van der Waals surface area contributed by atoms with E-state index in [1.807, 2.05) is 13.8 Å². The Morgan fingerprint density at radius 2 is 2.04 bits per heavy atom.